The molecule has 1 aliphatic rings. The Labute approximate surface area is 116 Å². The molecule has 0 saturated carbocycles. The molecule has 1 saturated heterocycles. The van der Waals surface area contributed by atoms with E-state index in [0.29, 0.717) is 18.5 Å². The standard InChI is InChI=1S/C16H24N2O/c1-12-5-4-6-15(11-12)7-8-16(19)18-10-9-17-13(2)14(18)3/h4-6,11,13-14,17H,7-10H2,1-3H3. The maximum absolute atomic E-state index is 12.3. The third kappa shape index (κ3) is 3.57. The molecule has 104 valence electrons. The minimum atomic E-state index is 0.280. The third-order valence-electron chi connectivity index (χ3n) is 4.06. The fourth-order valence-corrected chi connectivity index (χ4v) is 2.67. The lowest BCUT2D eigenvalue weighted by Gasteiger charge is -2.38. The Bertz CT molecular complexity index is 444. The second kappa shape index (κ2) is 6.20. The lowest BCUT2D eigenvalue weighted by Crippen LogP contribution is -2.57. The van der Waals surface area contributed by atoms with Crippen LogP contribution in [0.15, 0.2) is 24.3 Å². The van der Waals surface area contributed by atoms with Crippen LogP contribution < -0.4 is 5.32 Å². The van der Waals surface area contributed by atoms with Crippen molar-refractivity contribution in [3.63, 3.8) is 0 Å². The van der Waals surface area contributed by atoms with Gasteiger partial charge in [0.2, 0.25) is 5.91 Å². The Morgan fingerprint density at radius 3 is 2.95 bits per heavy atom. The number of carbonyl (C=O) groups excluding carboxylic acids is 1. The van der Waals surface area contributed by atoms with E-state index in [4.69, 9.17) is 0 Å². The molecule has 3 nitrogen and oxygen atoms in total. The van der Waals surface area contributed by atoms with Gasteiger partial charge in [-0.2, -0.15) is 0 Å². The van der Waals surface area contributed by atoms with Gasteiger partial charge in [-0.25, -0.2) is 0 Å². The molecule has 1 aliphatic heterocycles. The second-order valence-electron chi connectivity index (χ2n) is 5.56. The van der Waals surface area contributed by atoms with E-state index in [9.17, 15) is 4.79 Å². The van der Waals surface area contributed by atoms with Crippen LogP contribution in [0, 0.1) is 6.92 Å². The number of rotatable bonds is 3. The van der Waals surface area contributed by atoms with E-state index >= 15 is 0 Å². The number of amides is 1. The zero-order chi connectivity index (χ0) is 13.8. The highest BCUT2D eigenvalue weighted by Crippen LogP contribution is 2.13. The van der Waals surface area contributed by atoms with Gasteiger partial charge in [0, 0.05) is 31.6 Å². The average Bonchev–Trinajstić information content (AvgIpc) is 2.39. The van der Waals surface area contributed by atoms with Crippen LogP contribution >= 0.6 is 0 Å². The molecule has 2 atom stereocenters. The normalized spacial score (nSPS) is 23.4. The van der Waals surface area contributed by atoms with Gasteiger partial charge in [0.05, 0.1) is 0 Å². The van der Waals surface area contributed by atoms with Crippen molar-refractivity contribution in [3.05, 3.63) is 35.4 Å². The number of aryl methyl sites for hydroxylation is 2. The number of piperazine rings is 1. The van der Waals surface area contributed by atoms with Crippen LogP contribution in [-0.2, 0) is 11.2 Å². The number of nitrogens with zero attached hydrogens (tertiary/aromatic N) is 1. The molecule has 0 spiro atoms. The van der Waals surface area contributed by atoms with Gasteiger partial charge in [-0.1, -0.05) is 29.8 Å². The van der Waals surface area contributed by atoms with Crippen LogP contribution in [-0.4, -0.2) is 36.0 Å². The van der Waals surface area contributed by atoms with Crippen molar-refractivity contribution < 1.29 is 4.79 Å². The predicted molar refractivity (Wildman–Crippen MR) is 78.1 cm³/mol. The molecule has 1 fully saturated rings. The molecule has 2 rings (SSSR count). The Morgan fingerprint density at radius 2 is 2.21 bits per heavy atom. The summed E-state index contributed by atoms with van der Waals surface area (Å²) in [6.07, 6.45) is 1.45. The minimum Gasteiger partial charge on any atom is -0.337 e. The van der Waals surface area contributed by atoms with Crippen LogP contribution in [0.3, 0.4) is 0 Å². The molecule has 1 aromatic rings. The quantitative estimate of drug-likeness (QED) is 0.903. The van der Waals surface area contributed by atoms with E-state index in [1.807, 2.05) is 4.90 Å². The highest BCUT2D eigenvalue weighted by Gasteiger charge is 2.27. The van der Waals surface area contributed by atoms with Gasteiger partial charge in [-0.15, -0.1) is 0 Å². The lowest BCUT2D eigenvalue weighted by atomic mass is 10.0. The van der Waals surface area contributed by atoms with Crippen molar-refractivity contribution in [3.8, 4) is 0 Å². The molecule has 1 heterocycles. The number of carbonyl (C=O) groups is 1. The minimum absolute atomic E-state index is 0.280. The molecule has 1 amide bonds. The maximum Gasteiger partial charge on any atom is 0.223 e. The average molecular weight is 260 g/mol. The highest BCUT2D eigenvalue weighted by molar-refractivity contribution is 5.77. The molecule has 1 aromatic carbocycles. The van der Waals surface area contributed by atoms with Crippen LogP contribution in [0.2, 0.25) is 0 Å². The van der Waals surface area contributed by atoms with E-state index < -0.39 is 0 Å². The molecule has 3 heteroatoms. The molecule has 19 heavy (non-hydrogen) atoms. The summed E-state index contributed by atoms with van der Waals surface area (Å²) in [6.45, 7) is 8.09. The molecule has 1 N–H and O–H groups in total. The van der Waals surface area contributed by atoms with E-state index in [2.05, 4.69) is 50.4 Å². The second-order valence-corrected chi connectivity index (χ2v) is 5.56. The Balaban J connectivity index is 1.90. The zero-order valence-electron chi connectivity index (χ0n) is 12.1. The van der Waals surface area contributed by atoms with Gasteiger partial charge in [-0.05, 0) is 32.8 Å². The van der Waals surface area contributed by atoms with Crippen LogP contribution in [0.25, 0.3) is 0 Å². The third-order valence-corrected chi connectivity index (χ3v) is 4.06. The summed E-state index contributed by atoms with van der Waals surface area (Å²) in [6, 6.07) is 9.09. The summed E-state index contributed by atoms with van der Waals surface area (Å²) in [5, 5.41) is 3.40. The van der Waals surface area contributed by atoms with Crippen molar-refractivity contribution in [2.75, 3.05) is 13.1 Å². The first kappa shape index (κ1) is 14.1. The number of benzene rings is 1. The van der Waals surface area contributed by atoms with Crippen LogP contribution in [0.5, 0.6) is 0 Å². The van der Waals surface area contributed by atoms with Crippen molar-refractivity contribution in [2.45, 2.75) is 45.7 Å². The van der Waals surface area contributed by atoms with Gasteiger partial charge in [0.1, 0.15) is 0 Å². The van der Waals surface area contributed by atoms with Crippen molar-refractivity contribution in [2.24, 2.45) is 0 Å². The highest BCUT2D eigenvalue weighted by atomic mass is 16.2. The Morgan fingerprint density at radius 1 is 1.42 bits per heavy atom. The Kier molecular flexibility index (Phi) is 4.59. The van der Waals surface area contributed by atoms with E-state index in [1.54, 1.807) is 0 Å². The van der Waals surface area contributed by atoms with Crippen molar-refractivity contribution >= 4 is 5.91 Å². The molecular formula is C16H24N2O. The smallest absolute Gasteiger partial charge is 0.223 e. The molecule has 0 aliphatic carbocycles. The zero-order valence-corrected chi connectivity index (χ0v) is 12.1. The summed E-state index contributed by atoms with van der Waals surface area (Å²) in [4.78, 5) is 14.3. The lowest BCUT2D eigenvalue weighted by molar-refractivity contribution is -0.134. The van der Waals surface area contributed by atoms with Gasteiger partial charge in [0.15, 0.2) is 0 Å². The summed E-state index contributed by atoms with van der Waals surface area (Å²) in [5.74, 6) is 0.280. The fraction of sp³-hybridized carbons (Fsp3) is 0.562. The first-order valence-electron chi connectivity index (χ1n) is 7.16. The van der Waals surface area contributed by atoms with E-state index in [-0.39, 0.29) is 5.91 Å². The van der Waals surface area contributed by atoms with Gasteiger partial charge in [-0.3, -0.25) is 4.79 Å². The number of hydrogen-bond acceptors (Lipinski definition) is 2. The summed E-state index contributed by atoms with van der Waals surface area (Å²) >= 11 is 0. The maximum atomic E-state index is 12.3. The molecule has 0 radical (unpaired) electrons. The predicted octanol–water partition coefficient (Wildman–Crippen LogP) is 2.14. The van der Waals surface area contributed by atoms with E-state index in [0.717, 1.165) is 19.5 Å². The van der Waals surface area contributed by atoms with E-state index in [1.165, 1.54) is 11.1 Å². The molecule has 0 bridgehead atoms. The van der Waals surface area contributed by atoms with Gasteiger partial charge < -0.3 is 10.2 Å². The topological polar surface area (TPSA) is 32.3 Å². The first-order valence-corrected chi connectivity index (χ1v) is 7.16. The summed E-state index contributed by atoms with van der Waals surface area (Å²) < 4.78 is 0. The SMILES string of the molecule is Cc1cccc(CCC(=O)N2CCNC(C)C2C)c1. The molecule has 2 unspecified atom stereocenters. The Hall–Kier alpha value is -1.35. The largest absolute Gasteiger partial charge is 0.337 e. The van der Waals surface area contributed by atoms with Gasteiger partial charge in [0.25, 0.3) is 0 Å². The summed E-state index contributed by atoms with van der Waals surface area (Å²) in [5.41, 5.74) is 2.51. The first-order chi connectivity index (χ1) is 9.08. The van der Waals surface area contributed by atoms with Crippen LogP contribution in [0.4, 0.5) is 0 Å². The molecular weight excluding hydrogens is 236 g/mol. The van der Waals surface area contributed by atoms with Crippen molar-refractivity contribution in [1.29, 1.82) is 0 Å². The monoisotopic (exact) mass is 260 g/mol. The van der Waals surface area contributed by atoms with Crippen molar-refractivity contribution in [1.82, 2.24) is 10.2 Å². The number of hydrogen-bond donors (Lipinski definition) is 1. The van der Waals surface area contributed by atoms with Crippen LogP contribution in [0.1, 0.15) is 31.4 Å². The number of nitrogens with one attached hydrogen (secondary N) is 1. The fourth-order valence-electron chi connectivity index (χ4n) is 2.67. The van der Waals surface area contributed by atoms with Gasteiger partial charge >= 0.3 is 0 Å². The summed E-state index contributed by atoms with van der Waals surface area (Å²) in [7, 11) is 0. The molecule has 0 aromatic heterocycles.